The molecule has 0 atom stereocenters. The Morgan fingerprint density at radius 2 is 1.86 bits per heavy atom. The van der Waals surface area contributed by atoms with Crippen molar-refractivity contribution in [2.75, 3.05) is 0 Å². The number of ketones is 1. The number of nitrogens with two attached hydrogens (primary N) is 1. The maximum Gasteiger partial charge on any atom is 0.286 e. The minimum absolute atomic E-state index is 0.0242. The Bertz CT molecular complexity index is 750. The van der Waals surface area contributed by atoms with Crippen LogP contribution < -0.4 is 11.5 Å². The molecule has 2 rings (SSSR count). The van der Waals surface area contributed by atoms with Gasteiger partial charge in [-0.15, -0.1) is 4.73 Å². The van der Waals surface area contributed by atoms with Gasteiger partial charge in [0.05, 0.1) is 12.2 Å². The predicted molar refractivity (Wildman–Crippen MR) is 77.7 cm³/mol. The highest BCUT2D eigenvalue weighted by Gasteiger charge is 2.19. The topological polar surface area (TPSA) is 115 Å². The summed E-state index contributed by atoms with van der Waals surface area (Å²) < 4.78 is 0.0575. The molecule has 0 bridgehead atoms. The Morgan fingerprint density at radius 3 is 2.45 bits per heavy atom. The SMILES string of the molecule is Cc1cc(=O)n(O)c(O)c1C(=O)Cc1ccc(CON)cc1. The summed E-state index contributed by atoms with van der Waals surface area (Å²) in [6.07, 6.45) is 0.0242. The average molecular weight is 304 g/mol. The minimum Gasteiger partial charge on any atom is -0.492 e. The lowest BCUT2D eigenvalue weighted by molar-refractivity contribution is 0.0971. The van der Waals surface area contributed by atoms with Crippen molar-refractivity contribution >= 4 is 5.78 Å². The van der Waals surface area contributed by atoms with Crippen molar-refractivity contribution in [1.29, 1.82) is 0 Å². The molecule has 7 nitrogen and oxygen atoms in total. The third kappa shape index (κ3) is 3.16. The number of pyridine rings is 1. The van der Waals surface area contributed by atoms with Crippen LogP contribution in [0.3, 0.4) is 0 Å². The lowest BCUT2D eigenvalue weighted by Crippen LogP contribution is -2.21. The zero-order valence-corrected chi connectivity index (χ0v) is 11.9. The number of aryl methyl sites for hydroxylation is 1. The fourth-order valence-corrected chi connectivity index (χ4v) is 2.17. The van der Waals surface area contributed by atoms with Crippen LogP contribution in [0.4, 0.5) is 0 Å². The maximum atomic E-state index is 12.3. The van der Waals surface area contributed by atoms with Gasteiger partial charge in [-0.3, -0.25) is 14.4 Å². The van der Waals surface area contributed by atoms with Crippen LogP contribution in [0.1, 0.15) is 27.0 Å². The quantitative estimate of drug-likeness (QED) is 0.430. The number of aromatic nitrogens is 1. The lowest BCUT2D eigenvalue weighted by atomic mass is 10.00. The second kappa shape index (κ2) is 6.42. The molecule has 0 aliphatic heterocycles. The minimum atomic E-state index is -0.794. The molecule has 7 heteroatoms. The van der Waals surface area contributed by atoms with E-state index < -0.39 is 17.2 Å². The van der Waals surface area contributed by atoms with E-state index in [1.807, 2.05) is 0 Å². The van der Waals surface area contributed by atoms with Crippen molar-refractivity contribution in [3.8, 4) is 5.88 Å². The summed E-state index contributed by atoms with van der Waals surface area (Å²) in [5.74, 6) is 3.83. The summed E-state index contributed by atoms with van der Waals surface area (Å²) in [5.41, 5.74) is 1.03. The zero-order valence-electron chi connectivity index (χ0n) is 11.9. The summed E-state index contributed by atoms with van der Waals surface area (Å²) in [7, 11) is 0. The molecule has 0 aliphatic carbocycles. The van der Waals surface area contributed by atoms with Crippen molar-refractivity contribution in [2.24, 2.45) is 5.90 Å². The molecule has 0 amide bonds. The van der Waals surface area contributed by atoms with Crippen molar-refractivity contribution in [1.82, 2.24) is 4.73 Å². The third-order valence-corrected chi connectivity index (χ3v) is 3.28. The smallest absolute Gasteiger partial charge is 0.286 e. The van der Waals surface area contributed by atoms with Gasteiger partial charge in [0.2, 0.25) is 5.88 Å². The summed E-state index contributed by atoms with van der Waals surface area (Å²) in [6.45, 7) is 1.79. The van der Waals surface area contributed by atoms with Gasteiger partial charge >= 0.3 is 0 Å². The Hall–Kier alpha value is -2.64. The van der Waals surface area contributed by atoms with Crippen LogP contribution in [0.25, 0.3) is 0 Å². The van der Waals surface area contributed by atoms with E-state index in [1.165, 1.54) is 6.92 Å². The first-order valence-corrected chi connectivity index (χ1v) is 6.51. The number of Topliss-reactive ketones (excluding diaryl/α,β-unsaturated/α-hetero) is 1. The van der Waals surface area contributed by atoms with Crippen LogP contribution in [0.2, 0.25) is 0 Å². The zero-order chi connectivity index (χ0) is 16.3. The standard InChI is InChI=1S/C15H16N2O5/c1-9-6-13(19)17(21)15(20)14(9)12(18)7-10-2-4-11(5-3-10)8-22-16/h2-6,20-21H,7-8,16H2,1H3. The normalized spacial score (nSPS) is 10.6. The van der Waals surface area contributed by atoms with Crippen LogP contribution in [0, 0.1) is 6.92 Å². The van der Waals surface area contributed by atoms with E-state index in [9.17, 15) is 19.9 Å². The number of rotatable bonds is 5. The molecular weight excluding hydrogens is 288 g/mol. The maximum absolute atomic E-state index is 12.3. The largest absolute Gasteiger partial charge is 0.492 e. The third-order valence-electron chi connectivity index (χ3n) is 3.28. The fourth-order valence-electron chi connectivity index (χ4n) is 2.17. The number of aromatic hydroxyl groups is 1. The van der Waals surface area contributed by atoms with Gasteiger partial charge in [0, 0.05) is 12.5 Å². The van der Waals surface area contributed by atoms with Gasteiger partial charge in [0.1, 0.15) is 0 Å². The highest BCUT2D eigenvalue weighted by molar-refractivity contribution is 6.00. The van der Waals surface area contributed by atoms with Crippen LogP contribution in [-0.2, 0) is 17.9 Å². The Labute approximate surface area is 126 Å². The van der Waals surface area contributed by atoms with Crippen molar-refractivity contribution < 1.29 is 19.9 Å². The van der Waals surface area contributed by atoms with Crippen LogP contribution in [0.15, 0.2) is 35.1 Å². The van der Waals surface area contributed by atoms with Gasteiger partial charge in [0.15, 0.2) is 5.78 Å². The highest BCUT2D eigenvalue weighted by Crippen LogP contribution is 2.20. The van der Waals surface area contributed by atoms with E-state index in [4.69, 9.17) is 5.90 Å². The molecule has 1 aromatic heterocycles. The van der Waals surface area contributed by atoms with Gasteiger partial charge in [-0.1, -0.05) is 24.3 Å². The van der Waals surface area contributed by atoms with Crippen molar-refractivity contribution in [2.45, 2.75) is 20.0 Å². The summed E-state index contributed by atoms with van der Waals surface area (Å²) in [6, 6.07) is 8.13. The van der Waals surface area contributed by atoms with E-state index in [1.54, 1.807) is 24.3 Å². The molecular formula is C15H16N2O5. The number of hydrogen-bond donors (Lipinski definition) is 3. The fraction of sp³-hybridized carbons (Fsp3) is 0.200. The van der Waals surface area contributed by atoms with Gasteiger partial charge in [-0.25, -0.2) is 5.90 Å². The summed E-state index contributed by atoms with van der Waals surface area (Å²) in [5, 5.41) is 19.2. The molecule has 116 valence electrons. The molecule has 22 heavy (non-hydrogen) atoms. The Balaban J connectivity index is 2.26. The van der Waals surface area contributed by atoms with E-state index in [0.717, 1.165) is 17.2 Å². The van der Waals surface area contributed by atoms with E-state index in [0.29, 0.717) is 5.56 Å². The second-order valence-electron chi connectivity index (χ2n) is 4.90. The number of carbonyl (C=O) groups is 1. The molecule has 0 radical (unpaired) electrons. The lowest BCUT2D eigenvalue weighted by Gasteiger charge is -2.09. The van der Waals surface area contributed by atoms with Gasteiger partial charge in [-0.2, -0.15) is 0 Å². The number of benzene rings is 1. The molecule has 1 heterocycles. The van der Waals surface area contributed by atoms with Gasteiger partial charge in [-0.05, 0) is 23.6 Å². The van der Waals surface area contributed by atoms with E-state index in [-0.39, 0.29) is 23.3 Å². The molecule has 4 N–H and O–H groups in total. The van der Waals surface area contributed by atoms with Crippen LogP contribution in [0.5, 0.6) is 5.88 Å². The Kier molecular flexibility index (Phi) is 4.59. The molecule has 1 aromatic carbocycles. The van der Waals surface area contributed by atoms with Crippen LogP contribution >= 0.6 is 0 Å². The Morgan fingerprint density at radius 1 is 1.27 bits per heavy atom. The van der Waals surface area contributed by atoms with Crippen molar-refractivity contribution in [3.05, 3.63) is 62.9 Å². The molecule has 0 fully saturated rings. The summed E-state index contributed by atoms with van der Waals surface area (Å²) in [4.78, 5) is 28.1. The molecule has 0 spiro atoms. The van der Waals surface area contributed by atoms with E-state index >= 15 is 0 Å². The monoisotopic (exact) mass is 304 g/mol. The first-order chi connectivity index (χ1) is 10.4. The van der Waals surface area contributed by atoms with Gasteiger partial charge < -0.3 is 10.3 Å². The van der Waals surface area contributed by atoms with Gasteiger partial charge in [0.25, 0.3) is 5.56 Å². The van der Waals surface area contributed by atoms with E-state index in [2.05, 4.69) is 4.84 Å². The predicted octanol–water partition coefficient (Wildman–Crippen LogP) is 0.915. The number of carbonyl (C=O) groups excluding carboxylic acids is 1. The number of hydrogen-bond acceptors (Lipinski definition) is 6. The molecule has 0 aliphatic rings. The van der Waals surface area contributed by atoms with Crippen LogP contribution in [-0.4, -0.2) is 20.8 Å². The number of nitrogens with zero attached hydrogens (tertiary/aromatic N) is 1. The highest BCUT2D eigenvalue weighted by atomic mass is 16.6. The second-order valence-corrected chi connectivity index (χ2v) is 4.90. The molecule has 0 saturated heterocycles. The first-order valence-electron chi connectivity index (χ1n) is 6.51. The molecule has 0 unspecified atom stereocenters. The first kappa shape index (κ1) is 15.7. The molecule has 2 aromatic rings. The van der Waals surface area contributed by atoms with Crippen molar-refractivity contribution in [3.63, 3.8) is 0 Å². The molecule has 0 saturated carbocycles. The average Bonchev–Trinajstić information content (AvgIpc) is 2.47. The summed E-state index contributed by atoms with van der Waals surface area (Å²) >= 11 is 0.